The van der Waals surface area contributed by atoms with Crippen molar-refractivity contribution in [3.8, 4) is 11.3 Å². The van der Waals surface area contributed by atoms with E-state index in [0.717, 1.165) is 22.3 Å². The van der Waals surface area contributed by atoms with Crippen molar-refractivity contribution in [2.24, 2.45) is 0 Å². The van der Waals surface area contributed by atoms with Gasteiger partial charge in [-0.3, -0.25) is 10.1 Å². The van der Waals surface area contributed by atoms with Gasteiger partial charge < -0.3 is 8.98 Å². The summed E-state index contributed by atoms with van der Waals surface area (Å²) in [6.07, 6.45) is 1.56. The number of benzene rings is 2. The Hall–Kier alpha value is -3.42. The van der Waals surface area contributed by atoms with Crippen molar-refractivity contribution in [2.75, 3.05) is 5.32 Å². The maximum Gasteiger partial charge on any atom is 0.274 e. The Morgan fingerprint density at radius 2 is 2.00 bits per heavy atom. The molecule has 0 fully saturated rings. The minimum Gasteiger partial charge on any atom is -0.463 e. The van der Waals surface area contributed by atoms with Crippen molar-refractivity contribution in [1.29, 1.82) is 0 Å². The predicted molar refractivity (Wildman–Crippen MR) is 120 cm³/mol. The second-order valence-corrected chi connectivity index (χ2v) is 8.21. The number of fused-ring (bicyclic) bond motifs is 1. The van der Waals surface area contributed by atoms with Gasteiger partial charge in [0.2, 0.25) is 0 Å². The fourth-order valence-corrected chi connectivity index (χ4v) is 4.24. The van der Waals surface area contributed by atoms with Crippen LogP contribution in [-0.2, 0) is 6.54 Å². The first kappa shape index (κ1) is 19.5. The Morgan fingerprint density at radius 1 is 1.16 bits per heavy atom. The predicted octanol–water partition coefficient (Wildman–Crippen LogP) is 6.45. The molecule has 0 spiro atoms. The number of aromatic nitrogens is 2. The summed E-state index contributed by atoms with van der Waals surface area (Å²) in [4.78, 5) is 17.6. The third-order valence-corrected chi connectivity index (χ3v) is 5.86. The summed E-state index contributed by atoms with van der Waals surface area (Å²) < 4.78 is 20.9. The zero-order valence-electron chi connectivity index (χ0n) is 16.0. The summed E-state index contributed by atoms with van der Waals surface area (Å²) in [7, 11) is 0. The van der Waals surface area contributed by atoms with Crippen molar-refractivity contribution in [3.05, 3.63) is 94.4 Å². The van der Waals surface area contributed by atoms with E-state index in [2.05, 4.69) is 10.3 Å². The van der Waals surface area contributed by atoms with Gasteiger partial charge in [-0.15, -0.1) is 11.3 Å². The molecule has 0 aliphatic rings. The van der Waals surface area contributed by atoms with Crippen LogP contribution in [0.15, 0.2) is 76.7 Å². The summed E-state index contributed by atoms with van der Waals surface area (Å²) in [5, 5.41) is 5.85. The molecule has 3 aromatic heterocycles. The Balaban J connectivity index is 1.42. The smallest absolute Gasteiger partial charge is 0.274 e. The van der Waals surface area contributed by atoms with E-state index in [-0.39, 0.29) is 11.7 Å². The number of thiazole rings is 1. The molecule has 0 saturated carbocycles. The van der Waals surface area contributed by atoms with Crippen molar-refractivity contribution in [2.45, 2.75) is 6.54 Å². The molecule has 0 saturated heterocycles. The molecule has 3 heterocycles. The van der Waals surface area contributed by atoms with Crippen LogP contribution >= 0.6 is 22.9 Å². The standard InChI is InChI=1S/C23H15ClFN3O2S/c24-16-6-4-15(5-7-16)18-13-31-23(26-18)27-22(29)20-11-21-19(8-9-30-21)28(20)12-14-2-1-3-17(25)10-14/h1-11,13H,12H2,(H,26,27,29). The Morgan fingerprint density at radius 3 is 2.81 bits per heavy atom. The second-order valence-electron chi connectivity index (χ2n) is 6.91. The highest BCUT2D eigenvalue weighted by atomic mass is 35.5. The zero-order valence-corrected chi connectivity index (χ0v) is 17.6. The lowest BCUT2D eigenvalue weighted by molar-refractivity contribution is 0.101. The average Bonchev–Trinajstić information content (AvgIpc) is 3.46. The van der Waals surface area contributed by atoms with Crippen LogP contribution in [0.4, 0.5) is 9.52 Å². The number of carbonyl (C=O) groups excluding carboxylic acids is 1. The van der Waals surface area contributed by atoms with Gasteiger partial charge >= 0.3 is 0 Å². The number of hydrogen-bond donors (Lipinski definition) is 1. The van der Waals surface area contributed by atoms with Crippen LogP contribution in [0.5, 0.6) is 0 Å². The highest BCUT2D eigenvalue weighted by Gasteiger charge is 2.19. The van der Waals surface area contributed by atoms with E-state index in [1.807, 2.05) is 23.6 Å². The first-order valence-corrected chi connectivity index (χ1v) is 10.7. The van der Waals surface area contributed by atoms with Gasteiger partial charge in [0, 0.05) is 34.6 Å². The van der Waals surface area contributed by atoms with Gasteiger partial charge in [0.15, 0.2) is 10.7 Å². The third kappa shape index (κ3) is 3.97. The van der Waals surface area contributed by atoms with Crippen LogP contribution in [0, 0.1) is 5.82 Å². The first-order valence-electron chi connectivity index (χ1n) is 9.41. The van der Waals surface area contributed by atoms with Gasteiger partial charge in [-0.2, -0.15) is 0 Å². The molecule has 1 amide bonds. The van der Waals surface area contributed by atoms with E-state index < -0.39 is 0 Å². The van der Waals surface area contributed by atoms with E-state index in [1.54, 1.807) is 41.2 Å². The topological polar surface area (TPSA) is 60.1 Å². The first-order chi connectivity index (χ1) is 15.1. The van der Waals surface area contributed by atoms with Gasteiger partial charge in [0.25, 0.3) is 5.91 Å². The number of rotatable bonds is 5. The molecule has 0 atom stereocenters. The second kappa shape index (κ2) is 8.02. The molecule has 31 heavy (non-hydrogen) atoms. The lowest BCUT2D eigenvalue weighted by atomic mass is 10.2. The van der Waals surface area contributed by atoms with Crippen LogP contribution in [0.2, 0.25) is 5.02 Å². The molecule has 154 valence electrons. The Labute approximate surface area is 185 Å². The van der Waals surface area contributed by atoms with E-state index in [1.165, 1.54) is 23.5 Å². The molecule has 5 aromatic rings. The van der Waals surface area contributed by atoms with Crippen LogP contribution in [0.25, 0.3) is 22.4 Å². The molecule has 1 N–H and O–H groups in total. The minimum absolute atomic E-state index is 0.320. The highest BCUT2D eigenvalue weighted by molar-refractivity contribution is 7.14. The molecule has 0 unspecified atom stereocenters. The molecular weight excluding hydrogens is 437 g/mol. The third-order valence-electron chi connectivity index (χ3n) is 4.85. The lowest BCUT2D eigenvalue weighted by Crippen LogP contribution is -2.17. The van der Waals surface area contributed by atoms with E-state index >= 15 is 0 Å². The highest BCUT2D eigenvalue weighted by Crippen LogP contribution is 2.28. The fourth-order valence-electron chi connectivity index (χ4n) is 3.40. The maximum absolute atomic E-state index is 13.6. The summed E-state index contributed by atoms with van der Waals surface area (Å²) in [5.74, 6) is -0.642. The Bertz CT molecular complexity index is 1390. The zero-order chi connectivity index (χ0) is 21.4. The molecule has 0 aliphatic heterocycles. The quantitative estimate of drug-likeness (QED) is 0.334. The molecular formula is C23H15ClFN3O2S. The average molecular weight is 452 g/mol. The summed E-state index contributed by atoms with van der Waals surface area (Å²) in [6.45, 7) is 0.331. The lowest BCUT2D eigenvalue weighted by Gasteiger charge is -2.10. The van der Waals surface area contributed by atoms with Crippen molar-refractivity contribution in [3.63, 3.8) is 0 Å². The SMILES string of the molecule is O=C(Nc1nc(-c2ccc(Cl)cc2)cs1)c1cc2occc2n1Cc1cccc(F)c1. The van der Waals surface area contributed by atoms with Crippen LogP contribution in [0.1, 0.15) is 16.1 Å². The molecule has 0 aliphatic carbocycles. The van der Waals surface area contributed by atoms with Crippen LogP contribution in [0.3, 0.4) is 0 Å². The Kier molecular flexibility index (Phi) is 5.05. The molecule has 5 nitrogen and oxygen atoms in total. The van der Waals surface area contributed by atoms with E-state index in [4.69, 9.17) is 16.0 Å². The summed E-state index contributed by atoms with van der Waals surface area (Å²) >= 11 is 7.27. The minimum atomic E-state index is -0.323. The molecule has 8 heteroatoms. The van der Waals surface area contributed by atoms with Gasteiger partial charge in [0.05, 0.1) is 17.5 Å². The molecule has 2 aromatic carbocycles. The molecule has 0 radical (unpaired) electrons. The number of halogens is 2. The van der Waals surface area contributed by atoms with Crippen LogP contribution < -0.4 is 5.32 Å². The van der Waals surface area contributed by atoms with Gasteiger partial charge in [-0.1, -0.05) is 35.9 Å². The summed E-state index contributed by atoms with van der Waals surface area (Å²) in [5.41, 5.74) is 4.15. The van der Waals surface area contributed by atoms with Gasteiger partial charge in [0.1, 0.15) is 11.5 Å². The number of carbonyl (C=O) groups is 1. The van der Waals surface area contributed by atoms with Crippen molar-refractivity contribution >= 4 is 45.1 Å². The normalized spacial score (nSPS) is 11.2. The summed E-state index contributed by atoms with van der Waals surface area (Å²) in [6, 6.07) is 17.1. The van der Waals surface area contributed by atoms with E-state index in [0.29, 0.717) is 28.0 Å². The van der Waals surface area contributed by atoms with Crippen molar-refractivity contribution < 1.29 is 13.6 Å². The van der Waals surface area contributed by atoms with Gasteiger partial charge in [-0.05, 0) is 29.8 Å². The fraction of sp³-hybridized carbons (Fsp3) is 0.0435. The largest absolute Gasteiger partial charge is 0.463 e. The molecule has 5 rings (SSSR count). The van der Waals surface area contributed by atoms with E-state index in [9.17, 15) is 9.18 Å². The monoisotopic (exact) mass is 451 g/mol. The number of hydrogen-bond acceptors (Lipinski definition) is 4. The number of anilines is 1. The maximum atomic E-state index is 13.6. The van der Waals surface area contributed by atoms with Gasteiger partial charge in [-0.25, -0.2) is 9.37 Å². The molecule has 0 bridgehead atoms. The number of nitrogens with one attached hydrogen (secondary N) is 1. The van der Waals surface area contributed by atoms with Crippen molar-refractivity contribution in [1.82, 2.24) is 9.55 Å². The number of furan rings is 1. The number of amides is 1. The van der Waals surface area contributed by atoms with Crippen LogP contribution in [-0.4, -0.2) is 15.5 Å². The number of nitrogens with zero attached hydrogens (tertiary/aromatic N) is 2.